The lowest BCUT2D eigenvalue weighted by molar-refractivity contribution is 0.0267. The fraction of sp³-hybridized carbons (Fsp3) is 0.545. The van der Waals surface area contributed by atoms with E-state index in [1.54, 1.807) is 74.3 Å². The normalized spacial score (nSPS) is 12.4. The molecule has 0 spiro atoms. The van der Waals surface area contributed by atoms with Gasteiger partial charge in [0.05, 0.1) is 22.8 Å². The van der Waals surface area contributed by atoms with E-state index in [4.69, 9.17) is 4.74 Å². The maximum atomic E-state index is 14.8. The summed E-state index contributed by atoms with van der Waals surface area (Å²) in [5.41, 5.74) is -0.522. The minimum absolute atomic E-state index is 0.00208. The van der Waals surface area contributed by atoms with Crippen LogP contribution in [0.2, 0.25) is 0 Å². The number of aryl methyl sites for hydroxylation is 1. The number of aromatic amines is 1. The highest BCUT2D eigenvalue weighted by molar-refractivity contribution is 7.98. The van der Waals surface area contributed by atoms with Gasteiger partial charge < -0.3 is 19.4 Å². The second kappa shape index (κ2) is 12.0. The number of carbonyl (C=O) groups is 1. The number of likely N-dealkylation sites (N-methyl/N-ethyl adjacent to an activating group) is 1. The number of aromatic nitrogens is 3. The number of methoxy groups -OCH3 is 1. The van der Waals surface area contributed by atoms with Crippen molar-refractivity contribution in [1.82, 2.24) is 19.9 Å². The summed E-state index contributed by atoms with van der Waals surface area (Å²) in [4.78, 5) is 37.4. The Balaban J connectivity index is 0.00000161. The predicted molar refractivity (Wildman–Crippen MR) is 127 cm³/mol. The van der Waals surface area contributed by atoms with Crippen molar-refractivity contribution in [2.45, 2.75) is 57.8 Å². The molecule has 1 unspecified atom stereocenters. The monoisotopic (exact) mass is 468 g/mol. The lowest BCUT2D eigenvalue weighted by atomic mass is 10.1. The summed E-state index contributed by atoms with van der Waals surface area (Å²) in [6.45, 7) is 8.97. The van der Waals surface area contributed by atoms with Gasteiger partial charge in [0.25, 0.3) is 5.56 Å². The zero-order valence-electron chi connectivity index (χ0n) is 20.2. The van der Waals surface area contributed by atoms with E-state index in [1.165, 1.54) is 16.7 Å². The Morgan fingerprint density at radius 2 is 1.91 bits per heavy atom. The first-order chi connectivity index (χ1) is 14.9. The molecule has 0 bridgehead atoms. The fourth-order valence-electron chi connectivity index (χ4n) is 2.55. The van der Waals surface area contributed by atoms with Crippen LogP contribution in [0.5, 0.6) is 0 Å². The molecule has 10 heteroatoms. The lowest BCUT2D eigenvalue weighted by Gasteiger charge is -2.27. The fourth-order valence-corrected chi connectivity index (χ4v) is 2.92. The van der Waals surface area contributed by atoms with Crippen molar-refractivity contribution in [1.29, 1.82) is 0 Å². The third-order valence-corrected chi connectivity index (χ3v) is 4.80. The van der Waals surface area contributed by atoms with Crippen LogP contribution in [0, 0.1) is 5.82 Å². The van der Waals surface area contributed by atoms with Crippen LogP contribution in [0.1, 0.15) is 46.0 Å². The Morgan fingerprint density at radius 1 is 1.31 bits per heavy atom. The molecule has 0 fully saturated rings. The van der Waals surface area contributed by atoms with Crippen molar-refractivity contribution >= 4 is 34.8 Å². The van der Waals surface area contributed by atoms with Crippen molar-refractivity contribution in [2.75, 3.05) is 27.5 Å². The molecule has 0 radical (unpaired) electrons. The Bertz CT molecular complexity index is 1020. The number of thioether (sulfide) groups is 1. The van der Waals surface area contributed by atoms with Gasteiger partial charge in [0.15, 0.2) is 11.0 Å². The third-order valence-electron chi connectivity index (χ3n) is 4.22. The number of ether oxygens (including phenoxy) is 2. The number of amides is 1. The highest BCUT2D eigenvalue weighted by Crippen LogP contribution is 2.22. The number of nitrogens with one attached hydrogen (secondary N) is 1. The number of carbonyl (C=O) groups excluding carboxylic acids is 1. The number of H-pyrrole nitrogens is 1. The molecule has 1 atom stereocenters. The number of halogens is 1. The van der Waals surface area contributed by atoms with Gasteiger partial charge in [-0.3, -0.25) is 4.79 Å². The molecular weight excluding hydrogens is 435 g/mol. The lowest BCUT2D eigenvalue weighted by Crippen LogP contribution is -2.38. The Kier molecular flexibility index (Phi) is 10.3. The highest BCUT2D eigenvalue weighted by Gasteiger charge is 2.22. The number of nitrogens with zero attached hydrogens (tertiary/aromatic N) is 3. The molecule has 2 rings (SSSR count). The van der Waals surface area contributed by atoms with Crippen LogP contribution in [0.3, 0.4) is 0 Å². The van der Waals surface area contributed by atoms with E-state index in [0.29, 0.717) is 17.3 Å². The van der Waals surface area contributed by atoms with Gasteiger partial charge in [-0.25, -0.2) is 19.2 Å². The van der Waals surface area contributed by atoms with Crippen LogP contribution >= 0.6 is 11.8 Å². The maximum absolute atomic E-state index is 14.8. The molecule has 32 heavy (non-hydrogen) atoms. The van der Waals surface area contributed by atoms with Gasteiger partial charge in [0, 0.05) is 21.3 Å². The summed E-state index contributed by atoms with van der Waals surface area (Å²) in [6, 6.07) is -0.339. The van der Waals surface area contributed by atoms with Crippen LogP contribution in [0.15, 0.2) is 16.0 Å². The molecule has 1 N–H and O–H groups in total. The molecule has 2 heterocycles. The van der Waals surface area contributed by atoms with Gasteiger partial charge in [-0.05, 0) is 46.4 Å². The molecule has 178 valence electrons. The summed E-state index contributed by atoms with van der Waals surface area (Å²) >= 11 is 1.23. The molecule has 0 saturated carbocycles. The van der Waals surface area contributed by atoms with Crippen molar-refractivity contribution in [2.24, 2.45) is 0 Å². The second-order valence-electron chi connectivity index (χ2n) is 8.01. The Labute approximate surface area is 192 Å². The van der Waals surface area contributed by atoms with Crippen molar-refractivity contribution in [3.63, 3.8) is 0 Å². The largest absolute Gasteiger partial charge is 0.444 e. The topological polar surface area (TPSA) is 97.4 Å². The highest BCUT2D eigenvalue weighted by atomic mass is 32.2. The molecule has 0 aliphatic carbocycles. The minimum Gasteiger partial charge on any atom is -0.444 e. The number of rotatable bonds is 5. The van der Waals surface area contributed by atoms with Crippen LogP contribution in [-0.2, 0) is 15.9 Å². The summed E-state index contributed by atoms with van der Waals surface area (Å²) in [5, 5.41) is 0.420. The number of pyridine rings is 1. The summed E-state index contributed by atoms with van der Waals surface area (Å²) in [5.74, 6) is -0.583. The zero-order valence-corrected chi connectivity index (χ0v) is 21.0. The maximum Gasteiger partial charge on any atom is 0.410 e. The van der Waals surface area contributed by atoms with E-state index in [-0.39, 0.29) is 22.6 Å². The van der Waals surface area contributed by atoms with Gasteiger partial charge in [0.2, 0.25) is 0 Å². The average molecular weight is 469 g/mol. The van der Waals surface area contributed by atoms with E-state index >= 15 is 0 Å². The van der Waals surface area contributed by atoms with E-state index in [1.807, 2.05) is 0 Å². The number of fused-ring (bicyclic) bond motifs is 1. The molecule has 0 saturated heterocycles. The third kappa shape index (κ3) is 7.30. The molecule has 0 aliphatic rings. The number of hydrogen-bond acceptors (Lipinski definition) is 7. The minimum atomic E-state index is -0.604. The Morgan fingerprint density at radius 3 is 2.41 bits per heavy atom. The standard InChI is InChI=1S/C20H27FN4O3S.C2H6O/c1-8-12-15(21)16-14(17(26)24-18(23-16)29-7)13(22-12)10-9-11(2)25(6)19(27)28-20(3,4)5;1-3-2/h9-11H,8H2,1-7H3,(H,23,24,26);1-2H3/b10-9+;. The van der Waals surface area contributed by atoms with E-state index < -0.39 is 23.1 Å². The van der Waals surface area contributed by atoms with Gasteiger partial charge in [-0.2, -0.15) is 0 Å². The van der Waals surface area contributed by atoms with Crippen molar-refractivity contribution < 1.29 is 18.7 Å². The average Bonchev–Trinajstić information content (AvgIpc) is 2.71. The van der Waals surface area contributed by atoms with Crippen molar-refractivity contribution in [3.05, 3.63) is 33.6 Å². The molecule has 2 aromatic heterocycles. The summed E-state index contributed by atoms with van der Waals surface area (Å²) in [6.07, 6.45) is 4.97. The summed E-state index contributed by atoms with van der Waals surface area (Å²) in [7, 11) is 4.87. The van der Waals surface area contributed by atoms with Crippen LogP contribution < -0.4 is 5.56 Å². The SMILES string of the molecule is CCc1nc(/C=C/C(C)N(C)C(=O)OC(C)(C)C)c2c(=O)[nH]c(SC)nc2c1F.COC. The molecule has 0 aliphatic heterocycles. The van der Waals surface area contributed by atoms with Gasteiger partial charge in [0.1, 0.15) is 11.1 Å². The summed E-state index contributed by atoms with van der Waals surface area (Å²) < 4.78 is 24.4. The van der Waals surface area contributed by atoms with Crippen LogP contribution in [0.4, 0.5) is 9.18 Å². The Hall–Kier alpha value is -2.46. The zero-order chi connectivity index (χ0) is 24.6. The molecule has 1 amide bonds. The van der Waals surface area contributed by atoms with Gasteiger partial charge >= 0.3 is 6.09 Å². The van der Waals surface area contributed by atoms with Crippen LogP contribution in [-0.4, -0.2) is 65.1 Å². The molecular formula is C22H33FN4O4S. The second-order valence-corrected chi connectivity index (χ2v) is 8.80. The van der Waals surface area contributed by atoms with Crippen molar-refractivity contribution in [3.8, 4) is 0 Å². The number of hydrogen-bond donors (Lipinski definition) is 1. The van der Waals surface area contributed by atoms with E-state index in [9.17, 15) is 14.0 Å². The van der Waals surface area contributed by atoms with Crippen LogP contribution in [0.25, 0.3) is 17.0 Å². The smallest absolute Gasteiger partial charge is 0.410 e. The quantitative estimate of drug-likeness (QED) is 0.517. The van der Waals surface area contributed by atoms with Gasteiger partial charge in [-0.15, -0.1) is 0 Å². The first-order valence-corrected chi connectivity index (χ1v) is 11.3. The molecule has 8 nitrogen and oxygen atoms in total. The van der Waals surface area contributed by atoms with Gasteiger partial charge in [-0.1, -0.05) is 24.8 Å². The predicted octanol–water partition coefficient (Wildman–Crippen LogP) is 4.27. The first kappa shape index (κ1) is 27.6. The molecule has 2 aromatic rings. The van der Waals surface area contributed by atoms with E-state index in [2.05, 4.69) is 19.7 Å². The van der Waals surface area contributed by atoms with E-state index in [0.717, 1.165) is 0 Å². The molecule has 0 aromatic carbocycles. The first-order valence-electron chi connectivity index (χ1n) is 10.1.